The monoisotopic (exact) mass is 202 g/mol. The molecule has 13 heavy (non-hydrogen) atoms. The molecule has 0 amide bonds. The molecule has 0 aliphatic carbocycles. The third-order valence-corrected chi connectivity index (χ3v) is 1.79. The predicted octanol–water partition coefficient (Wildman–Crippen LogP) is 1.81. The van der Waals surface area contributed by atoms with Crippen molar-refractivity contribution in [1.82, 2.24) is 0 Å². The van der Waals surface area contributed by atoms with E-state index in [-0.39, 0.29) is 17.4 Å². The van der Waals surface area contributed by atoms with Crippen molar-refractivity contribution in [3.8, 4) is 11.5 Å². The van der Waals surface area contributed by atoms with Crippen molar-refractivity contribution in [2.45, 2.75) is 6.42 Å². The van der Waals surface area contributed by atoms with Crippen molar-refractivity contribution in [1.29, 1.82) is 0 Å². The molecular formula is C9H11ClO3. The normalized spacial score (nSPS) is 10.0. The Morgan fingerprint density at radius 3 is 2.77 bits per heavy atom. The molecule has 72 valence electrons. The molecular weight excluding hydrogens is 192 g/mol. The first-order valence-electron chi connectivity index (χ1n) is 3.96. The molecule has 0 radical (unpaired) electrons. The number of phenols is 1. The molecule has 1 rings (SSSR count). The molecule has 0 aliphatic rings. The van der Waals surface area contributed by atoms with Crippen LogP contribution in [0.3, 0.4) is 0 Å². The summed E-state index contributed by atoms with van der Waals surface area (Å²) in [4.78, 5) is 0. The summed E-state index contributed by atoms with van der Waals surface area (Å²) >= 11 is 5.65. The lowest BCUT2D eigenvalue weighted by Crippen LogP contribution is -1.99. The second-order valence-corrected chi connectivity index (χ2v) is 2.95. The van der Waals surface area contributed by atoms with E-state index in [0.717, 1.165) is 0 Å². The van der Waals surface area contributed by atoms with E-state index in [1.807, 2.05) is 0 Å². The Balaban J connectivity index is 2.53. The number of benzene rings is 1. The van der Waals surface area contributed by atoms with Gasteiger partial charge in [0.15, 0.2) is 0 Å². The minimum atomic E-state index is 0.0381. The molecule has 0 heterocycles. The number of hydrogen-bond acceptors (Lipinski definition) is 3. The van der Waals surface area contributed by atoms with E-state index in [1.54, 1.807) is 6.07 Å². The highest BCUT2D eigenvalue weighted by atomic mass is 35.5. The summed E-state index contributed by atoms with van der Waals surface area (Å²) in [5.74, 6) is 0.632. The highest BCUT2D eigenvalue weighted by molar-refractivity contribution is 6.32. The number of phenolic OH excluding ortho intramolecular Hbond substituents is 1. The van der Waals surface area contributed by atoms with E-state index in [0.29, 0.717) is 18.8 Å². The zero-order chi connectivity index (χ0) is 9.68. The number of aliphatic hydroxyl groups excluding tert-OH is 1. The second kappa shape index (κ2) is 4.94. The maximum absolute atomic E-state index is 9.09. The maximum atomic E-state index is 9.09. The van der Waals surface area contributed by atoms with Gasteiger partial charge in [-0.15, -0.1) is 0 Å². The summed E-state index contributed by atoms with van der Waals surface area (Å²) in [6, 6.07) is 4.63. The Morgan fingerprint density at radius 2 is 2.15 bits per heavy atom. The maximum Gasteiger partial charge on any atom is 0.134 e. The van der Waals surface area contributed by atoms with E-state index in [4.69, 9.17) is 26.6 Å². The van der Waals surface area contributed by atoms with Crippen LogP contribution in [0.15, 0.2) is 18.2 Å². The van der Waals surface area contributed by atoms with Gasteiger partial charge in [0.2, 0.25) is 0 Å². The zero-order valence-electron chi connectivity index (χ0n) is 7.03. The van der Waals surface area contributed by atoms with Crippen LogP contribution in [0.5, 0.6) is 11.5 Å². The largest absolute Gasteiger partial charge is 0.506 e. The highest BCUT2D eigenvalue weighted by Crippen LogP contribution is 2.27. The van der Waals surface area contributed by atoms with Crippen LogP contribution >= 0.6 is 11.6 Å². The molecule has 0 fully saturated rings. The van der Waals surface area contributed by atoms with Crippen LogP contribution < -0.4 is 4.74 Å². The fourth-order valence-electron chi connectivity index (χ4n) is 0.832. The first-order valence-corrected chi connectivity index (χ1v) is 4.34. The average molecular weight is 203 g/mol. The number of hydrogen-bond donors (Lipinski definition) is 2. The summed E-state index contributed by atoms with van der Waals surface area (Å²) in [6.45, 7) is 0.545. The molecule has 0 aromatic heterocycles. The average Bonchev–Trinajstić information content (AvgIpc) is 2.12. The fourth-order valence-corrected chi connectivity index (χ4v) is 1.00. The fraction of sp³-hybridized carbons (Fsp3) is 0.333. The summed E-state index contributed by atoms with van der Waals surface area (Å²) in [7, 11) is 0. The number of halogens is 1. The summed E-state index contributed by atoms with van der Waals surface area (Å²) in [5, 5.41) is 17.8. The van der Waals surface area contributed by atoms with E-state index in [2.05, 4.69) is 0 Å². The first kappa shape index (κ1) is 10.2. The molecule has 0 saturated carbocycles. The Labute approximate surface area is 81.5 Å². The van der Waals surface area contributed by atoms with Crippen LogP contribution in [-0.2, 0) is 0 Å². The number of rotatable bonds is 4. The second-order valence-electron chi connectivity index (χ2n) is 2.54. The minimum Gasteiger partial charge on any atom is -0.506 e. The molecule has 1 aromatic carbocycles. The van der Waals surface area contributed by atoms with Gasteiger partial charge in [0.25, 0.3) is 0 Å². The Hall–Kier alpha value is -0.930. The standard InChI is InChI=1S/C9H11ClO3/c10-8-6-7(2-3-9(8)12)13-5-1-4-11/h2-3,6,11-12H,1,4-5H2. The Kier molecular flexibility index (Phi) is 3.86. The van der Waals surface area contributed by atoms with Crippen LogP contribution in [0, 0.1) is 0 Å². The topological polar surface area (TPSA) is 49.7 Å². The number of aromatic hydroxyl groups is 1. The third kappa shape index (κ3) is 3.13. The molecule has 0 saturated heterocycles. The van der Waals surface area contributed by atoms with Gasteiger partial charge in [-0.05, 0) is 12.1 Å². The highest BCUT2D eigenvalue weighted by Gasteiger charge is 1.99. The lowest BCUT2D eigenvalue weighted by Gasteiger charge is -2.05. The Bertz CT molecular complexity index is 276. The van der Waals surface area contributed by atoms with E-state index in [1.165, 1.54) is 12.1 Å². The molecule has 0 aliphatic heterocycles. The van der Waals surface area contributed by atoms with Crippen molar-refractivity contribution in [3.63, 3.8) is 0 Å². The Morgan fingerprint density at radius 1 is 1.38 bits per heavy atom. The number of ether oxygens (including phenoxy) is 1. The van der Waals surface area contributed by atoms with Crippen LogP contribution in [-0.4, -0.2) is 23.4 Å². The van der Waals surface area contributed by atoms with E-state index in [9.17, 15) is 0 Å². The van der Waals surface area contributed by atoms with Crippen LogP contribution in [0.1, 0.15) is 6.42 Å². The summed E-state index contributed by atoms with van der Waals surface area (Å²) < 4.78 is 5.23. The third-order valence-electron chi connectivity index (χ3n) is 1.49. The van der Waals surface area contributed by atoms with E-state index >= 15 is 0 Å². The van der Waals surface area contributed by atoms with Gasteiger partial charge >= 0.3 is 0 Å². The lowest BCUT2D eigenvalue weighted by atomic mass is 10.3. The van der Waals surface area contributed by atoms with Gasteiger partial charge in [-0.1, -0.05) is 11.6 Å². The van der Waals surface area contributed by atoms with Crippen LogP contribution in [0.4, 0.5) is 0 Å². The van der Waals surface area contributed by atoms with Crippen molar-refractivity contribution in [3.05, 3.63) is 23.2 Å². The van der Waals surface area contributed by atoms with Gasteiger partial charge in [-0.25, -0.2) is 0 Å². The zero-order valence-corrected chi connectivity index (χ0v) is 7.79. The van der Waals surface area contributed by atoms with Crippen LogP contribution in [0.2, 0.25) is 5.02 Å². The summed E-state index contributed by atoms with van der Waals surface area (Å²) in [6.07, 6.45) is 0.582. The van der Waals surface area contributed by atoms with Gasteiger partial charge < -0.3 is 14.9 Å². The van der Waals surface area contributed by atoms with Gasteiger partial charge in [0, 0.05) is 19.1 Å². The minimum absolute atomic E-state index is 0.0381. The summed E-state index contributed by atoms with van der Waals surface area (Å²) in [5.41, 5.74) is 0. The predicted molar refractivity (Wildman–Crippen MR) is 50.3 cm³/mol. The van der Waals surface area contributed by atoms with Crippen molar-refractivity contribution < 1.29 is 14.9 Å². The molecule has 1 aromatic rings. The SMILES string of the molecule is OCCCOc1ccc(O)c(Cl)c1. The van der Waals surface area contributed by atoms with Gasteiger partial charge in [0.05, 0.1) is 11.6 Å². The molecule has 0 bridgehead atoms. The van der Waals surface area contributed by atoms with Gasteiger partial charge in [0.1, 0.15) is 11.5 Å². The lowest BCUT2D eigenvalue weighted by molar-refractivity contribution is 0.233. The van der Waals surface area contributed by atoms with E-state index < -0.39 is 0 Å². The first-order chi connectivity index (χ1) is 6.24. The molecule has 0 atom stereocenters. The molecule has 4 heteroatoms. The molecule has 0 unspecified atom stereocenters. The quantitative estimate of drug-likeness (QED) is 0.733. The smallest absolute Gasteiger partial charge is 0.134 e. The van der Waals surface area contributed by atoms with Crippen molar-refractivity contribution in [2.24, 2.45) is 0 Å². The van der Waals surface area contributed by atoms with Crippen LogP contribution in [0.25, 0.3) is 0 Å². The van der Waals surface area contributed by atoms with Crippen molar-refractivity contribution >= 4 is 11.6 Å². The molecule has 0 spiro atoms. The van der Waals surface area contributed by atoms with Gasteiger partial charge in [-0.3, -0.25) is 0 Å². The van der Waals surface area contributed by atoms with Crippen molar-refractivity contribution in [2.75, 3.05) is 13.2 Å². The molecule has 2 N–H and O–H groups in total. The number of aliphatic hydroxyl groups is 1. The van der Waals surface area contributed by atoms with Gasteiger partial charge in [-0.2, -0.15) is 0 Å². The molecule has 3 nitrogen and oxygen atoms in total.